The van der Waals surface area contributed by atoms with Crippen LogP contribution in [-0.4, -0.2) is 28.8 Å². The molecular formula is C15H20N6O. The van der Waals surface area contributed by atoms with Crippen molar-refractivity contribution in [2.24, 2.45) is 16.0 Å². The monoisotopic (exact) mass is 300 g/mol. The fourth-order valence-corrected chi connectivity index (χ4v) is 1.99. The van der Waals surface area contributed by atoms with Crippen LogP contribution in [-0.2, 0) is 11.3 Å². The second kappa shape index (κ2) is 7.46. The summed E-state index contributed by atoms with van der Waals surface area (Å²) in [5.41, 5.74) is 8.37. The van der Waals surface area contributed by atoms with Gasteiger partial charge in [-0.1, -0.05) is 18.2 Å². The lowest BCUT2D eigenvalue weighted by Gasteiger charge is -2.05. The molecule has 0 aliphatic carbocycles. The van der Waals surface area contributed by atoms with Crippen molar-refractivity contribution in [1.82, 2.24) is 15.1 Å². The van der Waals surface area contributed by atoms with E-state index in [-0.39, 0.29) is 12.5 Å². The lowest BCUT2D eigenvalue weighted by Crippen LogP contribution is -2.32. The van der Waals surface area contributed by atoms with Gasteiger partial charge in [0.1, 0.15) is 12.2 Å². The predicted octanol–water partition coefficient (Wildman–Crippen LogP) is 1.99. The molecule has 2 rings (SSSR count). The minimum atomic E-state index is -0.123. The van der Waals surface area contributed by atoms with E-state index in [0.717, 1.165) is 17.1 Å². The molecule has 0 spiro atoms. The van der Waals surface area contributed by atoms with E-state index in [2.05, 4.69) is 20.6 Å². The van der Waals surface area contributed by atoms with Gasteiger partial charge < -0.3 is 11.1 Å². The zero-order valence-corrected chi connectivity index (χ0v) is 12.8. The molecular weight excluding hydrogens is 280 g/mol. The summed E-state index contributed by atoms with van der Waals surface area (Å²) in [5.74, 6) is -0.123. The van der Waals surface area contributed by atoms with Crippen molar-refractivity contribution >= 4 is 17.3 Å². The van der Waals surface area contributed by atoms with Crippen molar-refractivity contribution in [2.45, 2.75) is 20.4 Å². The molecule has 0 saturated heterocycles. The first kappa shape index (κ1) is 15.8. The Morgan fingerprint density at radius 2 is 2.00 bits per heavy atom. The summed E-state index contributed by atoms with van der Waals surface area (Å²) >= 11 is 0. The van der Waals surface area contributed by atoms with Crippen LogP contribution in [0.25, 0.3) is 0 Å². The highest BCUT2D eigenvalue weighted by Crippen LogP contribution is 2.25. The summed E-state index contributed by atoms with van der Waals surface area (Å²) in [6.07, 6.45) is 0. The number of aromatic nitrogens is 2. The summed E-state index contributed by atoms with van der Waals surface area (Å²) in [6, 6.07) is 9.48. The number of benzene rings is 1. The summed E-state index contributed by atoms with van der Waals surface area (Å²) < 4.78 is 1.63. The summed E-state index contributed by atoms with van der Waals surface area (Å²) in [6.45, 7) is 4.74. The predicted molar refractivity (Wildman–Crippen MR) is 84.4 cm³/mol. The standard InChI is InChI=1S/C15H20N6O/c1-11-15(19-18-13-6-4-3-5-7-13)12(2)21(20-11)10-14(22)17-9-8-16/h3-7H,8-10,16H2,1-2H3,(H,17,22). The van der Waals surface area contributed by atoms with E-state index in [0.29, 0.717) is 18.8 Å². The number of carbonyl (C=O) groups is 1. The second-order valence-electron chi connectivity index (χ2n) is 4.85. The SMILES string of the molecule is Cc1nn(CC(=O)NCCN)c(C)c1N=Nc1ccccc1. The first-order valence-corrected chi connectivity index (χ1v) is 7.09. The maximum atomic E-state index is 11.7. The number of rotatable bonds is 6. The zero-order chi connectivity index (χ0) is 15.9. The number of amides is 1. The Bertz CT molecular complexity index is 662. The molecule has 7 nitrogen and oxygen atoms in total. The van der Waals surface area contributed by atoms with Gasteiger partial charge in [0, 0.05) is 13.1 Å². The fourth-order valence-electron chi connectivity index (χ4n) is 1.99. The number of hydrogen-bond donors (Lipinski definition) is 2. The number of nitrogens with two attached hydrogens (primary N) is 1. The van der Waals surface area contributed by atoms with E-state index in [1.54, 1.807) is 4.68 Å². The van der Waals surface area contributed by atoms with Crippen LogP contribution in [0.5, 0.6) is 0 Å². The van der Waals surface area contributed by atoms with Crippen LogP contribution < -0.4 is 11.1 Å². The summed E-state index contributed by atoms with van der Waals surface area (Å²) in [4.78, 5) is 11.7. The quantitative estimate of drug-likeness (QED) is 0.798. The van der Waals surface area contributed by atoms with E-state index in [9.17, 15) is 4.79 Å². The van der Waals surface area contributed by atoms with Crippen LogP contribution in [0.3, 0.4) is 0 Å². The molecule has 0 saturated carbocycles. The largest absolute Gasteiger partial charge is 0.353 e. The molecule has 1 heterocycles. The number of azo groups is 1. The van der Waals surface area contributed by atoms with E-state index in [1.807, 2.05) is 44.2 Å². The number of nitrogens with one attached hydrogen (secondary N) is 1. The van der Waals surface area contributed by atoms with Gasteiger partial charge in [-0.05, 0) is 26.0 Å². The van der Waals surface area contributed by atoms with E-state index in [4.69, 9.17) is 5.73 Å². The smallest absolute Gasteiger partial charge is 0.241 e. The molecule has 0 atom stereocenters. The maximum absolute atomic E-state index is 11.7. The normalized spacial score (nSPS) is 11.0. The molecule has 0 aliphatic rings. The molecule has 0 unspecified atom stereocenters. The van der Waals surface area contributed by atoms with E-state index < -0.39 is 0 Å². The van der Waals surface area contributed by atoms with Crippen LogP contribution in [0, 0.1) is 13.8 Å². The van der Waals surface area contributed by atoms with E-state index in [1.165, 1.54) is 0 Å². The van der Waals surface area contributed by atoms with Crippen molar-refractivity contribution in [2.75, 3.05) is 13.1 Å². The molecule has 0 bridgehead atoms. The van der Waals surface area contributed by atoms with Gasteiger partial charge in [-0.25, -0.2) is 0 Å². The Balaban J connectivity index is 2.13. The number of nitrogens with zero attached hydrogens (tertiary/aromatic N) is 4. The van der Waals surface area contributed by atoms with Gasteiger partial charge in [0.15, 0.2) is 0 Å². The number of aryl methyl sites for hydroxylation is 1. The van der Waals surface area contributed by atoms with Gasteiger partial charge in [-0.3, -0.25) is 9.48 Å². The highest BCUT2D eigenvalue weighted by molar-refractivity contribution is 5.75. The van der Waals surface area contributed by atoms with Gasteiger partial charge in [-0.2, -0.15) is 10.2 Å². The van der Waals surface area contributed by atoms with E-state index >= 15 is 0 Å². The third kappa shape index (κ3) is 3.98. The van der Waals surface area contributed by atoms with Gasteiger partial charge >= 0.3 is 0 Å². The van der Waals surface area contributed by atoms with Crippen molar-refractivity contribution < 1.29 is 4.79 Å². The Kier molecular flexibility index (Phi) is 5.37. The molecule has 22 heavy (non-hydrogen) atoms. The van der Waals surface area contributed by atoms with Gasteiger partial charge in [0.25, 0.3) is 0 Å². The Morgan fingerprint density at radius 3 is 2.68 bits per heavy atom. The van der Waals surface area contributed by atoms with Gasteiger partial charge in [0.05, 0.1) is 17.1 Å². The molecule has 7 heteroatoms. The number of hydrogen-bond acceptors (Lipinski definition) is 5. The van der Waals surface area contributed by atoms with Crippen molar-refractivity contribution in [3.05, 3.63) is 41.7 Å². The number of carbonyl (C=O) groups excluding carboxylic acids is 1. The Labute approximate surface area is 129 Å². The van der Waals surface area contributed by atoms with Crippen LogP contribution in [0.4, 0.5) is 11.4 Å². The lowest BCUT2D eigenvalue weighted by atomic mass is 10.3. The first-order chi connectivity index (χ1) is 10.6. The first-order valence-electron chi connectivity index (χ1n) is 7.09. The van der Waals surface area contributed by atoms with Gasteiger partial charge in [0.2, 0.25) is 5.91 Å². The molecule has 116 valence electrons. The molecule has 1 amide bonds. The van der Waals surface area contributed by atoms with Crippen molar-refractivity contribution in [1.29, 1.82) is 0 Å². The highest BCUT2D eigenvalue weighted by atomic mass is 16.2. The van der Waals surface area contributed by atoms with Crippen LogP contribution in [0.1, 0.15) is 11.4 Å². The average molecular weight is 300 g/mol. The maximum Gasteiger partial charge on any atom is 0.241 e. The van der Waals surface area contributed by atoms with Crippen LogP contribution >= 0.6 is 0 Å². The average Bonchev–Trinajstić information content (AvgIpc) is 2.78. The zero-order valence-electron chi connectivity index (χ0n) is 12.8. The Morgan fingerprint density at radius 1 is 1.27 bits per heavy atom. The topological polar surface area (TPSA) is 97.7 Å². The van der Waals surface area contributed by atoms with Crippen molar-refractivity contribution in [3.8, 4) is 0 Å². The van der Waals surface area contributed by atoms with Crippen LogP contribution in [0.15, 0.2) is 40.6 Å². The molecule has 0 fully saturated rings. The minimum absolute atomic E-state index is 0.123. The molecule has 1 aromatic heterocycles. The third-order valence-electron chi connectivity index (χ3n) is 3.12. The molecule has 1 aromatic carbocycles. The fraction of sp³-hybridized carbons (Fsp3) is 0.333. The molecule has 0 radical (unpaired) electrons. The summed E-state index contributed by atoms with van der Waals surface area (Å²) in [7, 11) is 0. The van der Waals surface area contributed by atoms with Crippen LogP contribution in [0.2, 0.25) is 0 Å². The Hall–Kier alpha value is -2.54. The summed E-state index contributed by atoms with van der Waals surface area (Å²) in [5, 5.41) is 15.5. The molecule has 0 aliphatic heterocycles. The minimum Gasteiger partial charge on any atom is -0.353 e. The van der Waals surface area contributed by atoms with Crippen molar-refractivity contribution in [3.63, 3.8) is 0 Å². The lowest BCUT2D eigenvalue weighted by molar-refractivity contribution is -0.121. The van der Waals surface area contributed by atoms with Gasteiger partial charge in [-0.15, -0.1) is 5.11 Å². The molecule has 3 N–H and O–H groups in total. The third-order valence-corrected chi connectivity index (χ3v) is 3.12. The highest BCUT2D eigenvalue weighted by Gasteiger charge is 2.13. The second-order valence-corrected chi connectivity index (χ2v) is 4.85. The molecule has 2 aromatic rings.